The first-order chi connectivity index (χ1) is 9.24. The van der Waals surface area contributed by atoms with E-state index in [-0.39, 0.29) is 6.42 Å². The molecule has 3 rings (SSSR count). The Kier molecular flexibility index (Phi) is 2.99. The van der Waals surface area contributed by atoms with Crippen LogP contribution < -0.4 is 0 Å². The zero-order valence-electron chi connectivity index (χ0n) is 10.1. The molecule has 1 aromatic heterocycles. The number of hydrogen-bond acceptors (Lipinski definition) is 1. The lowest BCUT2D eigenvalue weighted by molar-refractivity contribution is 0.149. The van der Waals surface area contributed by atoms with Gasteiger partial charge in [-0.15, -0.1) is 0 Å². The number of hydrogen-bond donors (Lipinski definition) is 1. The van der Waals surface area contributed by atoms with E-state index in [9.17, 15) is 8.78 Å². The van der Waals surface area contributed by atoms with Crippen LogP contribution in [0.1, 0.15) is 5.56 Å². The van der Waals surface area contributed by atoms with Gasteiger partial charge in [-0.05, 0) is 17.7 Å². The molecule has 0 atom stereocenters. The summed E-state index contributed by atoms with van der Waals surface area (Å²) in [5.74, 6) is 0.637. The highest BCUT2D eigenvalue weighted by Crippen LogP contribution is 2.25. The molecular weight excluding hydrogens is 246 g/mol. The molecule has 2 nitrogen and oxygen atoms in total. The summed E-state index contributed by atoms with van der Waals surface area (Å²) in [5, 5.41) is 0. The summed E-state index contributed by atoms with van der Waals surface area (Å²) in [6, 6.07) is 14.8. The highest BCUT2D eigenvalue weighted by Gasteiger charge is 2.12. The first-order valence-corrected chi connectivity index (χ1v) is 6.05. The van der Waals surface area contributed by atoms with Crippen molar-refractivity contribution in [1.29, 1.82) is 0 Å². The third-order valence-corrected chi connectivity index (χ3v) is 3.04. The molecule has 0 amide bonds. The fourth-order valence-corrected chi connectivity index (χ4v) is 2.18. The summed E-state index contributed by atoms with van der Waals surface area (Å²) in [4.78, 5) is 7.62. The number of aromatic amines is 1. The first-order valence-electron chi connectivity index (χ1n) is 6.05. The maximum absolute atomic E-state index is 12.6. The lowest BCUT2D eigenvalue weighted by Crippen LogP contribution is -1.99. The van der Waals surface area contributed by atoms with Crippen molar-refractivity contribution < 1.29 is 8.78 Å². The Balaban J connectivity index is 2.10. The van der Waals surface area contributed by atoms with Gasteiger partial charge in [-0.3, -0.25) is 0 Å². The summed E-state index contributed by atoms with van der Waals surface area (Å²) in [6.45, 7) is 0. The van der Waals surface area contributed by atoms with E-state index in [1.165, 1.54) is 0 Å². The van der Waals surface area contributed by atoms with Gasteiger partial charge in [-0.2, -0.15) is 0 Å². The normalized spacial score (nSPS) is 11.3. The molecule has 0 spiro atoms. The predicted molar refractivity (Wildman–Crippen MR) is 71.2 cm³/mol. The molecule has 0 unspecified atom stereocenters. The molecule has 1 heterocycles. The molecule has 0 radical (unpaired) electrons. The highest BCUT2D eigenvalue weighted by molar-refractivity contribution is 5.79. The Morgan fingerprint density at radius 3 is 2.53 bits per heavy atom. The van der Waals surface area contributed by atoms with E-state index in [2.05, 4.69) is 9.97 Å². The van der Waals surface area contributed by atoms with Gasteiger partial charge in [0.25, 0.3) is 0 Å². The minimum absolute atomic E-state index is 0.257. The van der Waals surface area contributed by atoms with Crippen LogP contribution in [0.2, 0.25) is 0 Å². The van der Waals surface area contributed by atoms with E-state index < -0.39 is 6.43 Å². The zero-order chi connectivity index (χ0) is 13.2. The van der Waals surface area contributed by atoms with E-state index >= 15 is 0 Å². The number of halogens is 2. The summed E-state index contributed by atoms with van der Waals surface area (Å²) in [6.07, 6.45) is -2.61. The van der Waals surface area contributed by atoms with Crippen molar-refractivity contribution in [3.63, 3.8) is 0 Å². The number of rotatable bonds is 3. The molecule has 0 saturated carbocycles. The number of H-pyrrole nitrogens is 1. The molecule has 0 aliphatic heterocycles. The molecule has 1 N–H and O–H groups in total. The topological polar surface area (TPSA) is 28.7 Å². The van der Waals surface area contributed by atoms with Crippen molar-refractivity contribution in [3.05, 3.63) is 54.1 Å². The molecule has 4 heteroatoms. The van der Waals surface area contributed by atoms with Crippen molar-refractivity contribution in [2.75, 3.05) is 0 Å². The molecule has 3 aromatic rings. The molecule has 96 valence electrons. The van der Waals surface area contributed by atoms with E-state index in [1.807, 2.05) is 36.4 Å². The number of imidazole rings is 1. The van der Waals surface area contributed by atoms with Crippen LogP contribution in [0, 0.1) is 0 Å². The van der Waals surface area contributed by atoms with Crippen molar-refractivity contribution in [1.82, 2.24) is 9.97 Å². The average Bonchev–Trinajstić information content (AvgIpc) is 2.82. The molecule has 0 fully saturated rings. The molecule has 0 saturated heterocycles. The van der Waals surface area contributed by atoms with Crippen LogP contribution in [0.25, 0.3) is 22.4 Å². The van der Waals surface area contributed by atoms with Gasteiger partial charge in [0, 0.05) is 12.0 Å². The number of nitrogens with one attached hydrogen (secondary N) is 1. The van der Waals surface area contributed by atoms with E-state index in [4.69, 9.17) is 0 Å². The quantitative estimate of drug-likeness (QED) is 0.754. The van der Waals surface area contributed by atoms with Gasteiger partial charge in [0.2, 0.25) is 6.43 Å². The van der Waals surface area contributed by atoms with Gasteiger partial charge in [-0.25, -0.2) is 13.8 Å². The minimum Gasteiger partial charge on any atom is -0.338 e. The predicted octanol–water partition coefficient (Wildman–Crippen LogP) is 4.04. The zero-order valence-corrected chi connectivity index (χ0v) is 10.1. The molecule has 2 aromatic carbocycles. The number of nitrogens with zero attached hydrogens (tertiary/aromatic N) is 1. The molecule has 19 heavy (non-hydrogen) atoms. The second-order valence-corrected chi connectivity index (χ2v) is 4.35. The summed E-state index contributed by atoms with van der Waals surface area (Å²) in [5.41, 5.74) is 3.09. The summed E-state index contributed by atoms with van der Waals surface area (Å²) in [7, 11) is 0. The van der Waals surface area contributed by atoms with Gasteiger partial charge >= 0.3 is 0 Å². The highest BCUT2D eigenvalue weighted by atomic mass is 19.3. The van der Waals surface area contributed by atoms with Crippen molar-refractivity contribution in [2.24, 2.45) is 0 Å². The van der Waals surface area contributed by atoms with Crippen LogP contribution in [-0.2, 0) is 6.42 Å². The summed E-state index contributed by atoms with van der Waals surface area (Å²) >= 11 is 0. The Morgan fingerprint density at radius 1 is 1.00 bits per heavy atom. The van der Waals surface area contributed by atoms with Crippen molar-refractivity contribution in [2.45, 2.75) is 12.8 Å². The maximum Gasteiger partial charge on any atom is 0.242 e. The fraction of sp³-hybridized carbons (Fsp3) is 0.133. The molecule has 0 bridgehead atoms. The smallest absolute Gasteiger partial charge is 0.242 e. The number of aromatic nitrogens is 2. The Morgan fingerprint density at radius 2 is 1.74 bits per heavy atom. The van der Waals surface area contributed by atoms with E-state index in [0.29, 0.717) is 11.4 Å². The third-order valence-electron chi connectivity index (χ3n) is 3.04. The second kappa shape index (κ2) is 4.80. The SMILES string of the molecule is FC(F)Cc1ccccc1-c1nc2ccccc2[nH]1. The standard InChI is InChI=1S/C15H12F2N2/c16-14(17)9-10-5-1-2-6-11(10)15-18-12-7-3-4-8-13(12)19-15/h1-8,14H,9H2,(H,18,19). The van der Waals surface area contributed by atoms with Crippen LogP contribution in [0.3, 0.4) is 0 Å². The number of para-hydroxylation sites is 2. The fourth-order valence-electron chi connectivity index (χ4n) is 2.18. The third kappa shape index (κ3) is 2.34. The van der Waals surface area contributed by atoms with E-state index in [0.717, 1.165) is 16.6 Å². The maximum atomic E-state index is 12.6. The molecular formula is C15H12F2N2. The van der Waals surface area contributed by atoms with Gasteiger partial charge in [0.15, 0.2) is 0 Å². The van der Waals surface area contributed by atoms with Crippen molar-refractivity contribution >= 4 is 11.0 Å². The van der Waals surface area contributed by atoms with Gasteiger partial charge < -0.3 is 4.98 Å². The van der Waals surface area contributed by atoms with Crippen LogP contribution >= 0.6 is 0 Å². The Labute approximate surface area is 109 Å². The molecule has 0 aliphatic rings. The minimum atomic E-state index is -2.36. The van der Waals surface area contributed by atoms with Crippen LogP contribution in [-0.4, -0.2) is 16.4 Å². The number of benzene rings is 2. The first kappa shape index (κ1) is 11.8. The van der Waals surface area contributed by atoms with Crippen molar-refractivity contribution in [3.8, 4) is 11.4 Å². The lowest BCUT2D eigenvalue weighted by atomic mass is 10.0. The lowest BCUT2D eigenvalue weighted by Gasteiger charge is -2.06. The van der Waals surface area contributed by atoms with Gasteiger partial charge in [-0.1, -0.05) is 36.4 Å². The monoisotopic (exact) mass is 258 g/mol. The van der Waals surface area contributed by atoms with Crippen LogP contribution in [0.4, 0.5) is 8.78 Å². The largest absolute Gasteiger partial charge is 0.338 e. The Bertz CT molecular complexity index is 671. The van der Waals surface area contributed by atoms with Crippen LogP contribution in [0.5, 0.6) is 0 Å². The number of alkyl halides is 2. The van der Waals surface area contributed by atoms with Gasteiger partial charge in [0.05, 0.1) is 11.0 Å². The Hall–Kier alpha value is -2.23. The van der Waals surface area contributed by atoms with Crippen LogP contribution in [0.15, 0.2) is 48.5 Å². The van der Waals surface area contributed by atoms with Gasteiger partial charge in [0.1, 0.15) is 5.82 Å². The molecule has 0 aliphatic carbocycles. The second-order valence-electron chi connectivity index (χ2n) is 4.35. The van der Waals surface area contributed by atoms with E-state index in [1.54, 1.807) is 12.1 Å². The summed E-state index contributed by atoms with van der Waals surface area (Å²) < 4.78 is 25.2. The number of fused-ring (bicyclic) bond motifs is 1. The average molecular weight is 258 g/mol.